The molecule has 1 aromatic carbocycles. The maximum atomic E-state index is 5.67. The minimum atomic E-state index is 0.598. The minimum Gasteiger partial charge on any atom is -0.493 e. The SMILES string of the molecule is CCCNCCNCC1CCOc2ccccc21. The topological polar surface area (TPSA) is 33.3 Å². The summed E-state index contributed by atoms with van der Waals surface area (Å²) >= 11 is 0. The van der Waals surface area contributed by atoms with Gasteiger partial charge in [-0.3, -0.25) is 0 Å². The van der Waals surface area contributed by atoms with Gasteiger partial charge in [0.15, 0.2) is 0 Å². The second-order valence-corrected chi connectivity index (χ2v) is 4.83. The third kappa shape index (κ3) is 3.72. The average Bonchev–Trinajstić information content (AvgIpc) is 2.43. The lowest BCUT2D eigenvalue weighted by Crippen LogP contribution is -2.32. The van der Waals surface area contributed by atoms with E-state index in [0.29, 0.717) is 5.92 Å². The van der Waals surface area contributed by atoms with E-state index in [1.165, 1.54) is 12.0 Å². The minimum absolute atomic E-state index is 0.598. The number of ether oxygens (including phenoxy) is 1. The van der Waals surface area contributed by atoms with Crippen LogP contribution in [0.4, 0.5) is 0 Å². The lowest BCUT2D eigenvalue weighted by atomic mass is 9.93. The summed E-state index contributed by atoms with van der Waals surface area (Å²) in [4.78, 5) is 0. The van der Waals surface area contributed by atoms with E-state index in [2.05, 4.69) is 35.8 Å². The summed E-state index contributed by atoms with van der Waals surface area (Å²) in [5.41, 5.74) is 1.36. The predicted molar refractivity (Wildman–Crippen MR) is 75.3 cm³/mol. The van der Waals surface area contributed by atoms with Crippen molar-refractivity contribution in [3.63, 3.8) is 0 Å². The van der Waals surface area contributed by atoms with Gasteiger partial charge in [0.05, 0.1) is 6.61 Å². The van der Waals surface area contributed by atoms with Crippen molar-refractivity contribution in [1.82, 2.24) is 10.6 Å². The molecule has 0 aliphatic carbocycles. The van der Waals surface area contributed by atoms with Gasteiger partial charge in [-0.05, 0) is 31.0 Å². The third-order valence-corrected chi connectivity index (χ3v) is 3.38. The van der Waals surface area contributed by atoms with Crippen molar-refractivity contribution in [3.05, 3.63) is 29.8 Å². The summed E-state index contributed by atoms with van der Waals surface area (Å²) in [6, 6.07) is 8.41. The molecule has 3 nitrogen and oxygen atoms in total. The largest absolute Gasteiger partial charge is 0.493 e. The van der Waals surface area contributed by atoms with E-state index in [-0.39, 0.29) is 0 Å². The number of fused-ring (bicyclic) bond motifs is 1. The lowest BCUT2D eigenvalue weighted by molar-refractivity contribution is 0.264. The first-order chi connectivity index (χ1) is 8.92. The van der Waals surface area contributed by atoms with Crippen LogP contribution >= 0.6 is 0 Å². The summed E-state index contributed by atoms with van der Waals surface area (Å²) < 4.78 is 5.67. The molecule has 1 aromatic rings. The highest BCUT2D eigenvalue weighted by molar-refractivity contribution is 5.37. The van der Waals surface area contributed by atoms with Gasteiger partial charge < -0.3 is 15.4 Å². The summed E-state index contributed by atoms with van der Waals surface area (Å²) in [5.74, 6) is 1.67. The highest BCUT2D eigenvalue weighted by atomic mass is 16.5. The average molecular weight is 248 g/mol. The Morgan fingerprint density at radius 3 is 2.89 bits per heavy atom. The van der Waals surface area contributed by atoms with Crippen molar-refractivity contribution in [2.24, 2.45) is 0 Å². The first kappa shape index (κ1) is 13.4. The first-order valence-electron chi connectivity index (χ1n) is 7.05. The van der Waals surface area contributed by atoms with Gasteiger partial charge in [-0.2, -0.15) is 0 Å². The monoisotopic (exact) mass is 248 g/mol. The molecule has 1 aliphatic heterocycles. The van der Waals surface area contributed by atoms with E-state index < -0.39 is 0 Å². The summed E-state index contributed by atoms with van der Waals surface area (Å²) in [7, 11) is 0. The van der Waals surface area contributed by atoms with Gasteiger partial charge in [0.25, 0.3) is 0 Å². The van der Waals surface area contributed by atoms with Crippen LogP contribution in [0.3, 0.4) is 0 Å². The van der Waals surface area contributed by atoms with Crippen molar-refractivity contribution >= 4 is 0 Å². The van der Waals surface area contributed by atoms with E-state index >= 15 is 0 Å². The number of para-hydroxylation sites is 1. The lowest BCUT2D eigenvalue weighted by Gasteiger charge is -2.26. The number of hydrogen-bond acceptors (Lipinski definition) is 3. The van der Waals surface area contributed by atoms with Gasteiger partial charge in [-0.1, -0.05) is 25.1 Å². The second-order valence-electron chi connectivity index (χ2n) is 4.83. The molecule has 100 valence electrons. The Labute approximate surface area is 110 Å². The molecule has 0 amide bonds. The molecule has 0 spiro atoms. The molecular formula is C15H24N2O. The molecule has 0 saturated heterocycles. The Morgan fingerprint density at radius 1 is 1.17 bits per heavy atom. The second kappa shape index (κ2) is 7.39. The van der Waals surface area contributed by atoms with Gasteiger partial charge in [-0.25, -0.2) is 0 Å². The Bertz CT molecular complexity index is 354. The van der Waals surface area contributed by atoms with Gasteiger partial charge in [0.1, 0.15) is 5.75 Å². The zero-order valence-electron chi connectivity index (χ0n) is 11.2. The Balaban J connectivity index is 1.74. The van der Waals surface area contributed by atoms with Crippen LogP contribution in [0.1, 0.15) is 31.2 Å². The van der Waals surface area contributed by atoms with E-state index in [1.807, 2.05) is 6.07 Å². The number of nitrogens with one attached hydrogen (secondary N) is 2. The van der Waals surface area contributed by atoms with Gasteiger partial charge in [0, 0.05) is 25.6 Å². The van der Waals surface area contributed by atoms with E-state index in [1.54, 1.807) is 0 Å². The van der Waals surface area contributed by atoms with Crippen LogP contribution in [-0.2, 0) is 0 Å². The van der Waals surface area contributed by atoms with Crippen molar-refractivity contribution in [1.29, 1.82) is 0 Å². The van der Waals surface area contributed by atoms with E-state index in [4.69, 9.17) is 4.74 Å². The molecule has 2 N–H and O–H groups in total. The van der Waals surface area contributed by atoms with Crippen LogP contribution in [0.25, 0.3) is 0 Å². The fourth-order valence-electron chi connectivity index (χ4n) is 2.38. The molecule has 1 aliphatic rings. The fraction of sp³-hybridized carbons (Fsp3) is 0.600. The molecule has 0 radical (unpaired) electrons. The van der Waals surface area contributed by atoms with Crippen LogP contribution in [0.2, 0.25) is 0 Å². The highest BCUT2D eigenvalue weighted by Crippen LogP contribution is 2.32. The molecular weight excluding hydrogens is 224 g/mol. The maximum absolute atomic E-state index is 5.67. The molecule has 1 atom stereocenters. The molecule has 0 bridgehead atoms. The van der Waals surface area contributed by atoms with Crippen molar-refractivity contribution < 1.29 is 4.74 Å². The van der Waals surface area contributed by atoms with Gasteiger partial charge >= 0.3 is 0 Å². The van der Waals surface area contributed by atoms with Crippen LogP contribution in [0.15, 0.2) is 24.3 Å². The molecule has 0 saturated carbocycles. The van der Waals surface area contributed by atoms with Gasteiger partial charge in [0.2, 0.25) is 0 Å². The quantitative estimate of drug-likeness (QED) is 0.725. The Morgan fingerprint density at radius 2 is 2.00 bits per heavy atom. The van der Waals surface area contributed by atoms with Crippen molar-refractivity contribution in [3.8, 4) is 5.75 Å². The molecule has 0 aromatic heterocycles. The van der Waals surface area contributed by atoms with Crippen LogP contribution in [0, 0.1) is 0 Å². The standard InChI is InChI=1S/C15H24N2O/c1-2-8-16-9-10-17-12-13-7-11-18-15-6-4-3-5-14(13)15/h3-6,13,16-17H,2,7-12H2,1H3. The highest BCUT2D eigenvalue weighted by Gasteiger charge is 2.20. The van der Waals surface area contributed by atoms with E-state index in [9.17, 15) is 0 Å². The van der Waals surface area contributed by atoms with Crippen LogP contribution in [0.5, 0.6) is 5.75 Å². The van der Waals surface area contributed by atoms with Crippen molar-refractivity contribution in [2.45, 2.75) is 25.7 Å². The number of benzene rings is 1. The van der Waals surface area contributed by atoms with Crippen LogP contribution in [-0.4, -0.2) is 32.8 Å². The summed E-state index contributed by atoms with van der Waals surface area (Å²) in [6.45, 7) is 7.30. The zero-order valence-corrected chi connectivity index (χ0v) is 11.2. The molecule has 3 heteroatoms. The number of hydrogen-bond donors (Lipinski definition) is 2. The summed E-state index contributed by atoms with van der Waals surface area (Å²) in [5, 5.41) is 6.94. The zero-order chi connectivity index (χ0) is 12.6. The molecule has 2 rings (SSSR count). The third-order valence-electron chi connectivity index (χ3n) is 3.38. The fourth-order valence-corrected chi connectivity index (χ4v) is 2.38. The normalized spacial score (nSPS) is 18.2. The number of rotatable bonds is 7. The van der Waals surface area contributed by atoms with Gasteiger partial charge in [-0.15, -0.1) is 0 Å². The molecule has 0 fully saturated rings. The van der Waals surface area contributed by atoms with Crippen LogP contribution < -0.4 is 15.4 Å². The molecule has 1 heterocycles. The first-order valence-corrected chi connectivity index (χ1v) is 7.05. The maximum Gasteiger partial charge on any atom is 0.122 e. The van der Waals surface area contributed by atoms with E-state index in [0.717, 1.165) is 45.0 Å². The Kier molecular flexibility index (Phi) is 5.49. The molecule has 18 heavy (non-hydrogen) atoms. The van der Waals surface area contributed by atoms with Crippen molar-refractivity contribution in [2.75, 3.05) is 32.8 Å². The molecule has 1 unspecified atom stereocenters. The summed E-state index contributed by atoms with van der Waals surface area (Å²) in [6.07, 6.45) is 2.32. The smallest absolute Gasteiger partial charge is 0.122 e. The predicted octanol–water partition coefficient (Wildman–Crippen LogP) is 2.14. The Hall–Kier alpha value is -1.06.